The summed E-state index contributed by atoms with van der Waals surface area (Å²) in [6, 6.07) is 5.30. The number of ether oxygens (including phenoxy) is 2. The van der Waals surface area contributed by atoms with Gasteiger partial charge in [-0.05, 0) is 12.1 Å². The maximum absolute atomic E-state index is 6.95. The summed E-state index contributed by atoms with van der Waals surface area (Å²) in [7, 11) is 3.20. The average Bonchev–Trinajstić information content (AvgIpc) is 2.27. The largest absolute Gasteiger partial charge is 0.497 e. The van der Waals surface area contributed by atoms with Gasteiger partial charge in [-0.3, -0.25) is 0 Å². The van der Waals surface area contributed by atoms with Crippen LogP contribution in [-0.4, -0.2) is 14.2 Å². The minimum atomic E-state index is -0.184. The molecular formula is C11H13NO2. The third-order valence-electron chi connectivity index (χ3n) is 2.08. The molecule has 0 bridgehead atoms. The Morgan fingerprint density at radius 2 is 2.00 bits per heavy atom. The van der Waals surface area contributed by atoms with E-state index in [1.165, 1.54) is 0 Å². The zero-order valence-corrected chi connectivity index (χ0v) is 8.57. The van der Waals surface area contributed by atoms with Crippen molar-refractivity contribution < 1.29 is 9.47 Å². The van der Waals surface area contributed by atoms with E-state index >= 15 is 0 Å². The van der Waals surface area contributed by atoms with Crippen molar-refractivity contribution in [1.82, 2.24) is 0 Å². The van der Waals surface area contributed by atoms with Crippen molar-refractivity contribution in [3.63, 3.8) is 0 Å². The van der Waals surface area contributed by atoms with E-state index in [2.05, 4.69) is 4.85 Å². The van der Waals surface area contributed by atoms with Crippen molar-refractivity contribution in [2.75, 3.05) is 14.2 Å². The molecule has 0 N–H and O–H groups in total. The maximum atomic E-state index is 6.95. The standard InChI is InChI=1S/C11H13NO2/c1-8(12-2)10-6-5-9(13-3)7-11(10)14-4/h5-8H,1,3-4H3. The van der Waals surface area contributed by atoms with Gasteiger partial charge in [0.2, 0.25) is 6.04 Å². The van der Waals surface area contributed by atoms with Gasteiger partial charge in [-0.15, -0.1) is 0 Å². The molecule has 0 aliphatic rings. The molecule has 1 rings (SSSR count). The maximum Gasteiger partial charge on any atom is 0.249 e. The van der Waals surface area contributed by atoms with Crippen LogP contribution in [0.25, 0.3) is 4.85 Å². The van der Waals surface area contributed by atoms with Gasteiger partial charge in [0, 0.05) is 13.0 Å². The Morgan fingerprint density at radius 1 is 1.29 bits per heavy atom. The number of hydrogen-bond donors (Lipinski definition) is 0. The minimum Gasteiger partial charge on any atom is -0.497 e. The SMILES string of the molecule is [C-]#[N+]C(C)c1ccc(OC)cc1OC. The lowest BCUT2D eigenvalue weighted by Crippen LogP contribution is -1.95. The number of rotatable bonds is 3. The summed E-state index contributed by atoms with van der Waals surface area (Å²) in [4.78, 5) is 3.45. The van der Waals surface area contributed by atoms with E-state index in [9.17, 15) is 0 Å². The molecule has 0 saturated carbocycles. The van der Waals surface area contributed by atoms with Gasteiger partial charge in [-0.1, -0.05) is 0 Å². The molecule has 0 fully saturated rings. The first-order valence-corrected chi connectivity index (χ1v) is 4.31. The van der Waals surface area contributed by atoms with Gasteiger partial charge in [0.15, 0.2) is 0 Å². The fraction of sp³-hybridized carbons (Fsp3) is 0.364. The first-order valence-electron chi connectivity index (χ1n) is 4.31. The summed E-state index contributed by atoms with van der Waals surface area (Å²) < 4.78 is 10.3. The molecule has 0 heterocycles. The second-order valence-electron chi connectivity index (χ2n) is 2.91. The van der Waals surface area contributed by atoms with Crippen LogP contribution in [0.1, 0.15) is 18.5 Å². The van der Waals surface area contributed by atoms with Crippen LogP contribution in [-0.2, 0) is 0 Å². The molecule has 0 spiro atoms. The van der Waals surface area contributed by atoms with E-state index in [0.717, 1.165) is 11.3 Å². The van der Waals surface area contributed by atoms with Crippen LogP contribution in [0.15, 0.2) is 18.2 Å². The highest BCUT2D eigenvalue weighted by Gasteiger charge is 2.15. The van der Waals surface area contributed by atoms with Crippen LogP contribution in [0.4, 0.5) is 0 Å². The highest BCUT2D eigenvalue weighted by Crippen LogP contribution is 2.30. The molecule has 0 amide bonds. The van der Waals surface area contributed by atoms with Gasteiger partial charge in [0.05, 0.1) is 19.8 Å². The molecule has 0 aliphatic heterocycles. The van der Waals surface area contributed by atoms with Crippen molar-refractivity contribution >= 4 is 0 Å². The lowest BCUT2D eigenvalue weighted by atomic mass is 10.1. The van der Waals surface area contributed by atoms with Gasteiger partial charge in [0.25, 0.3) is 0 Å². The van der Waals surface area contributed by atoms with E-state index in [1.54, 1.807) is 20.3 Å². The van der Waals surface area contributed by atoms with Crippen LogP contribution in [0.3, 0.4) is 0 Å². The number of methoxy groups -OCH3 is 2. The zero-order valence-electron chi connectivity index (χ0n) is 8.57. The Labute approximate surface area is 84.1 Å². The smallest absolute Gasteiger partial charge is 0.249 e. The van der Waals surface area contributed by atoms with Crippen LogP contribution < -0.4 is 9.47 Å². The van der Waals surface area contributed by atoms with Gasteiger partial charge >= 0.3 is 0 Å². The molecular weight excluding hydrogens is 178 g/mol. The Hall–Kier alpha value is -1.69. The predicted octanol–water partition coefficient (Wildman–Crippen LogP) is 2.68. The molecule has 0 saturated heterocycles. The lowest BCUT2D eigenvalue weighted by Gasteiger charge is -2.09. The fourth-order valence-corrected chi connectivity index (χ4v) is 1.23. The first kappa shape index (κ1) is 10.4. The quantitative estimate of drug-likeness (QED) is 0.685. The summed E-state index contributed by atoms with van der Waals surface area (Å²) in [5.74, 6) is 1.44. The molecule has 1 aromatic rings. The molecule has 0 aromatic heterocycles. The lowest BCUT2D eigenvalue weighted by molar-refractivity contribution is 0.390. The van der Waals surface area contributed by atoms with Crippen LogP contribution in [0.5, 0.6) is 11.5 Å². The number of benzene rings is 1. The second-order valence-corrected chi connectivity index (χ2v) is 2.91. The van der Waals surface area contributed by atoms with Crippen LogP contribution in [0, 0.1) is 6.57 Å². The molecule has 1 atom stereocenters. The summed E-state index contributed by atoms with van der Waals surface area (Å²) >= 11 is 0. The zero-order chi connectivity index (χ0) is 10.6. The van der Waals surface area contributed by atoms with E-state index < -0.39 is 0 Å². The van der Waals surface area contributed by atoms with Gasteiger partial charge in [-0.2, -0.15) is 0 Å². The van der Waals surface area contributed by atoms with E-state index in [-0.39, 0.29) is 6.04 Å². The Balaban J connectivity index is 3.12. The Morgan fingerprint density at radius 3 is 2.50 bits per heavy atom. The highest BCUT2D eigenvalue weighted by atomic mass is 16.5. The van der Waals surface area contributed by atoms with Crippen molar-refractivity contribution in [2.24, 2.45) is 0 Å². The molecule has 1 unspecified atom stereocenters. The molecule has 74 valence electrons. The Bertz CT molecular complexity index is 355. The molecule has 1 aromatic carbocycles. The molecule has 3 nitrogen and oxygen atoms in total. The fourth-order valence-electron chi connectivity index (χ4n) is 1.23. The van der Waals surface area contributed by atoms with E-state index in [4.69, 9.17) is 16.0 Å². The minimum absolute atomic E-state index is 0.184. The average molecular weight is 191 g/mol. The molecule has 0 radical (unpaired) electrons. The van der Waals surface area contributed by atoms with Crippen molar-refractivity contribution in [1.29, 1.82) is 0 Å². The van der Waals surface area contributed by atoms with E-state index in [1.807, 2.05) is 19.1 Å². The Kier molecular flexibility index (Phi) is 3.35. The third kappa shape index (κ3) is 1.97. The highest BCUT2D eigenvalue weighted by molar-refractivity contribution is 5.43. The number of hydrogen-bond acceptors (Lipinski definition) is 2. The predicted molar refractivity (Wildman–Crippen MR) is 54.6 cm³/mol. The summed E-state index contributed by atoms with van der Waals surface area (Å²) in [6.45, 7) is 8.80. The molecule has 3 heteroatoms. The summed E-state index contributed by atoms with van der Waals surface area (Å²) in [5, 5.41) is 0. The van der Waals surface area contributed by atoms with E-state index in [0.29, 0.717) is 5.75 Å². The summed E-state index contributed by atoms with van der Waals surface area (Å²) in [5.41, 5.74) is 0.892. The monoisotopic (exact) mass is 191 g/mol. The number of nitrogens with zero attached hydrogens (tertiary/aromatic N) is 1. The van der Waals surface area contributed by atoms with Crippen molar-refractivity contribution in [2.45, 2.75) is 13.0 Å². The topological polar surface area (TPSA) is 22.8 Å². The normalized spacial score (nSPS) is 11.6. The molecule has 0 aliphatic carbocycles. The summed E-state index contributed by atoms with van der Waals surface area (Å²) in [6.07, 6.45) is 0. The van der Waals surface area contributed by atoms with Crippen LogP contribution >= 0.6 is 0 Å². The van der Waals surface area contributed by atoms with Gasteiger partial charge in [-0.25, -0.2) is 6.57 Å². The van der Waals surface area contributed by atoms with Gasteiger partial charge in [0.1, 0.15) is 11.5 Å². The van der Waals surface area contributed by atoms with Crippen molar-refractivity contribution in [3.8, 4) is 11.5 Å². The van der Waals surface area contributed by atoms with Gasteiger partial charge < -0.3 is 14.3 Å². The van der Waals surface area contributed by atoms with Crippen molar-refractivity contribution in [3.05, 3.63) is 35.2 Å². The first-order chi connectivity index (χ1) is 6.72. The molecule has 14 heavy (non-hydrogen) atoms. The van der Waals surface area contributed by atoms with Crippen LogP contribution in [0.2, 0.25) is 0 Å². The second kappa shape index (κ2) is 4.52. The third-order valence-corrected chi connectivity index (χ3v) is 2.08.